The van der Waals surface area contributed by atoms with Crippen LogP contribution in [-0.2, 0) is 9.84 Å². The molecule has 4 heteroatoms. The van der Waals surface area contributed by atoms with Crippen LogP contribution in [0.5, 0.6) is 0 Å². The summed E-state index contributed by atoms with van der Waals surface area (Å²) in [6.07, 6.45) is 1.41. The first-order chi connectivity index (χ1) is 8.66. The normalized spacial score (nSPS) is 18.9. The van der Waals surface area contributed by atoms with Crippen molar-refractivity contribution in [2.24, 2.45) is 0 Å². The Kier molecular flexibility index (Phi) is 4.40. The molecule has 0 radical (unpaired) electrons. The zero-order valence-corrected chi connectivity index (χ0v) is 11.0. The van der Waals surface area contributed by atoms with Crippen LogP contribution < -0.4 is 5.32 Å². The average Bonchev–Trinajstić information content (AvgIpc) is 2.37. The summed E-state index contributed by atoms with van der Waals surface area (Å²) in [5, 5.41) is 3.29. The summed E-state index contributed by atoms with van der Waals surface area (Å²) in [4.78, 5) is 0. The Balaban J connectivity index is 1.75. The maximum absolute atomic E-state index is 11.3. The minimum absolute atomic E-state index is 0.290. The molecule has 0 amide bonds. The molecule has 1 fully saturated rings. The molecule has 1 aromatic carbocycles. The van der Waals surface area contributed by atoms with Gasteiger partial charge in [0.25, 0.3) is 0 Å². The van der Waals surface area contributed by atoms with E-state index in [4.69, 9.17) is 0 Å². The minimum atomic E-state index is -2.77. The lowest BCUT2D eigenvalue weighted by atomic mass is 10.1. The van der Waals surface area contributed by atoms with Crippen molar-refractivity contribution in [2.75, 3.05) is 18.1 Å². The van der Waals surface area contributed by atoms with Gasteiger partial charge in [0.1, 0.15) is 9.84 Å². The lowest BCUT2D eigenvalue weighted by molar-refractivity contribution is 0.485. The van der Waals surface area contributed by atoms with Crippen LogP contribution in [0.15, 0.2) is 30.3 Å². The van der Waals surface area contributed by atoms with Crippen molar-refractivity contribution in [1.29, 1.82) is 0 Å². The molecule has 96 valence electrons. The Hall–Kier alpha value is -1.31. The van der Waals surface area contributed by atoms with Crippen LogP contribution in [0.4, 0.5) is 0 Å². The van der Waals surface area contributed by atoms with Crippen LogP contribution in [0.25, 0.3) is 0 Å². The molecule has 1 N–H and O–H groups in total. The fraction of sp³-hybridized carbons (Fsp3) is 0.429. The molecule has 0 spiro atoms. The molecular formula is C14H17NO2S. The second-order valence-electron chi connectivity index (χ2n) is 4.47. The van der Waals surface area contributed by atoms with Crippen LogP contribution in [0.1, 0.15) is 18.4 Å². The van der Waals surface area contributed by atoms with Crippen molar-refractivity contribution in [1.82, 2.24) is 5.32 Å². The molecule has 1 aliphatic heterocycles. The largest absolute Gasteiger partial charge is 0.303 e. The Morgan fingerprint density at radius 1 is 1.17 bits per heavy atom. The quantitative estimate of drug-likeness (QED) is 0.816. The van der Waals surface area contributed by atoms with E-state index >= 15 is 0 Å². The monoisotopic (exact) mass is 263 g/mol. The van der Waals surface area contributed by atoms with E-state index in [1.807, 2.05) is 30.3 Å². The molecule has 0 atom stereocenters. The van der Waals surface area contributed by atoms with E-state index in [2.05, 4.69) is 17.2 Å². The van der Waals surface area contributed by atoms with E-state index < -0.39 is 9.84 Å². The van der Waals surface area contributed by atoms with Gasteiger partial charge < -0.3 is 5.32 Å². The van der Waals surface area contributed by atoms with Crippen molar-refractivity contribution >= 4 is 9.84 Å². The summed E-state index contributed by atoms with van der Waals surface area (Å²) >= 11 is 0. The lowest BCUT2D eigenvalue weighted by Crippen LogP contribution is -2.37. The molecule has 0 aliphatic carbocycles. The number of sulfone groups is 1. The number of benzene rings is 1. The first kappa shape index (κ1) is 13.1. The highest BCUT2D eigenvalue weighted by Gasteiger charge is 2.22. The van der Waals surface area contributed by atoms with Gasteiger partial charge in [0, 0.05) is 11.6 Å². The zero-order chi connectivity index (χ0) is 12.8. The second-order valence-corrected chi connectivity index (χ2v) is 6.78. The molecule has 2 rings (SSSR count). The molecule has 1 aromatic rings. The van der Waals surface area contributed by atoms with Crippen LogP contribution in [0.3, 0.4) is 0 Å². The van der Waals surface area contributed by atoms with Crippen LogP contribution in [0.2, 0.25) is 0 Å². The minimum Gasteiger partial charge on any atom is -0.303 e. The summed E-state index contributed by atoms with van der Waals surface area (Å²) in [5.74, 6) is 6.73. The van der Waals surface area contributed by atoms with Gasteiger partial charge in [-0.25, -0.2) is 8.42 Å². The predicted molar refractivity (Wildman–Crippen MR) is 73.0 cm³/mol. The molecule has 1 heterocycles. The van der Waals surface area contributed by atoms with E-state index in [-0.39, 0.29) is 0 Å². The van der Waals surface area contributed by atoms with Gasteiger partial charge in [0.05, 0.1) is 18.1 Å². The molecule has 18 heavy (non-hydrogen) atoms. The number of rotatable bonds is 2. The maximum atomic E-state index is 11.3. The lowest BCUT2D eigenvalue weighted by Gasteiger charge is -2.21. The third kappa shape index (κ3) is 4.17. The first-order valence-corrected chi connectivity index (χ1v) is 7.96. The van der Waals surface area contributed by atoms with Gasteiger partial charge in [-0.05, 0) is 25.0 Å². The molecular weight excluding hydrogens is 246 g/mol. The highest BCUT2D eigenvalue weighted by molar-refractivity contribution is 7.91. The number of hydrogen-bond donors (Lipinski definition) is 1. The van der Waals surface area contributed by atoms with Gasteiger partial charge in [-0.3, -0.25) is 0 Å². The van der Waals surface area contributed by atoms with Crippen molar-refractivity contribution in [3.05, 3.63) is 35.9 Å². The fourth-order valence-corrected chi connectivity index (χ4v) is 3.45. The molecule has 0 unspecified atom stereocenters. The summed E-state index contributed by atoms with van der Waals surface area (Å²) in [6, 6.07) is 10.1. The third-order valence-corrected chi connectivity index (χ3v) is 4.76. The van der Waals surface area contributed by atoms with E-state index in [0.29, 0.717) is 36.9 Å². The van der Waals surface area contributed by atoms with Crippen LogP contribution in [-0.4, -0.2) is 32.5 Å². The van der Waals surface area contributed by atoms with E-state index in [9.17, 15) is 8.42 Å². The van der Waals surface area contributed by atoms with Crippen molar-refractivity contribution in [3.63, 3.8) is 0 Å². The van der Waals surface area contributed by atoms with Crippen molar-refractivity contribution < 1.29 is 8.42 Å². The Morgan fingerprint density at radius 3 is 2.50 bits per heavy atom. The SMILES string of the molecule is O=S1(=O)CCC(NCC#Cc2ccccc2)CC1. The van der Waals surface area contributed by atoms with E-state index in [0.717, 1.165) is 5.56 Å². The molecule has 0 bridgehead atoms. The van der Waals surface area contributed by atoms with Gasteiger partial charge in [-0.15, -0.1) is 0 Å². The predicted octanol–water partition coefficient (Wildman–Crippen LogP) is 1.20. The van der Waals surface area contributed by atoms with E-state index in [1.165, 1.54) is 0 Å². The maximum Gasteiger partial charge on any atom is 0.150 e. The van der Waals surface area contributed by atoms with Crippen molar-refractivity contribution in [2.45, 2.75) is 18.9 Å². The smallest absolute Gasteiger partial charge is 0.150 e. The number of nitrogens with one attached hydrogen (secondary N) is 1. The number of hydrogen-bond acceptors (Lipinski definition) is 3. The second kappa shape index (κ2) is 6.03. The van der Waals surface area contributed by atoms with Gasteiger partial charge in [0.15, 0.2) is 0 Å². The van der Waals surface area contributed by atoms with Gasteiger partial charge in [-0.1, -0.05) is 30.0 Å². The molecule has 0 saturated carbocycles. The fourth-order valence-electron chi connectivity index (χ4n) is 1.96. The molecule has 3 nitrogen and oxygen atoms in total. The topological polar surface area (TPSA) is 46.2 Å². The summed E-state index contributed by atoms with van der Waals surface area (Å²) in [7, 11) is -2.77. The Bertz CT molecular complexity index is 526. The molecule has 0 aromatic heterocycles. The highest BCUT2D eigenvalue weighted by Crippen LogP contribution is 2.11. The molecule has 1 saturated heterocycles. The van der Waals surface area contributed by atoms with Gasteiger partial charge in [-0.2, -0.15) is 0 Å². The van der Waals surface area contributed by atoms with Crippen molar-refractivity contribution in [3.8, 4) is 11.8 Å². The Morgan fingerprint density at radius 2 is 1.83 bits per heavy atom. The standard InChI is InChI=1S/C14H17NO2S/c16-18(17)11-8-14(9-12-18)15-10-4-7-13-5-2-1-3-6-13/h1-3,5-6,14-15H,8-12H2. The van der Waals surface area contributed by atoms with Crippen LogP contribution in [0, 0.1) is 11.8 Å². The van der Waals surface area contributed by atoms with Gasteiger partial charge >= 0.3 is 0 Å². The zero-order valence-electron chi connectivity index (χ0n) is 10.2. The third-order valence-electron chi connectivity index (χ3n) is 3.04. The average molecular weight is 263 g/mol. The summed E-state index contributed by atoms with van der Waals surface area (Å²) in [6.45, 7) is 0.611. The van der Waals surface area contributed by atoms with Gasteiger partial charge in [0.2, 0.25) is 0 Å². The Labute approximate surface area is 109 Å². The van der Waals surface area contributed by atoms with Crippen LogP contribution >= 0.6 is 0 Å². The first-order valence-electron chi connectivity index (χ1n) is 6.13. The van der Waals surface area contributed by atoms with E-state index in [1.54, 1.807) is 0 Å². The summed E-state index contributed by atoms with van der Waals surface area (Å²) < 4.78 is 22.5. The highest BCUT2D eigenvalue weighted by atomic mass is 32.2. The summed E-state index contributed by atoms with van der Waals surface area (Å²) in [5.41, 5.74) is 1.01. The molecule has 1 aliphatic rings.